The molecule has 5 heteroatoms. The van der Waals surface area contributed by atoms with Crippen molar-refractivity contribution in [2.24, 2.45) is 5.73 Å². The topological polar surface area (TPSA) is 55.5 Å². The summed E-state index contributed by atoms with van der Waals surface area (Å²) in [4.78, 5) is 0. The van der Waals surface area contributed by atoms with Crippen LogP contribution in [-0.4, -0.2) is 17.3 Å². The Balaban J connectivity index is 1.88. The SMILES string of the molecule is C[C@@](N)(CO)CCc1ccc(OCc2ccc(Cl)c(Cl)c2)cc1. The van der Waals surface area contributed by atoms with Crippen molar-refractivity contribution >= 4 is 23.2 Å². The first-order chi connectivity index (χ1) is 10.9. The van der Waals surface area contributed by atoms with Crippen molar-refractivity contribution in [2.45, 2.75) is 31.9 Å². The smallest absolute Gasteiger partial charge is 0.119 e. The van der Waals surface area contributed by atoms with Gasteiger partial charge in [0.2, 0.25) is 0 Å². The molecule has 0 spiro atoms. The lowest BCUT2D eigenvalue weighted by atomic mass is 9.95. The normalized spacial score (nSPS) is 13.6. The number of nitrogens with two attached hydrogens (primary N) is 1. The molecule has 0 amide bonds. The molecule has 2 rings (SSSR count). The van der Waals surface area contributed by atoms with E-state index in [2.05, 4.69) is 0 Å². The van der Waals surface area contributed by atoms with E-state index in [1.54, 1.807) is 12.1 Å². The molecule has 0 aliphatic rings. The van der Waals surface area contributed by atoms with Gasteiger partial charge < -0.3 is 15.6 Å². The van der Waals surface area contributed by atoms with Gasteiger partial charge in [-0.2, -0.15) is 0 Å². The van der Waals surface area contributed by atoms with E-state index in [0.717, 1.165) is 29.7 Å². The van der Waals surface area contributed by atoms with Crippen LogP contribution in [0.1, 0.15) is 24.5 Å². The van der Waals surface area contributed by atoms with Gasteiger partial charge in [0.25, 0.3) is 0 Å². The summed E-state index contributed by atoms with van der Waals surface area (Å²) < 4.78 is 5.74. The fourth-order valence-corrected chi connectivity index (χ4v) is 2.38. The lowest BCUT2D eigenvalue weighted by molar-refractivity contribution is 0.200. The molecule has 0 bridgehead atoms. The van der Waals surface area contributed by atoms with Gasteiger partial charge in [0.05, 0.1) is 16.7 Å². The van der Waals surface area contributed by atoms with E-state index in [9.17, 15) is 0 Å². The second kappa shape index (κ2) is 8.02. The van der Waals surface area contributed by atoms with E-state index in [1.165, 1.54) is 0 Å². The first-order valence-electron chi connectivity index (χ1n) is 7.45. The van der Waals surface area contributed by atoms with Crippen LogP contribution in [0.3, 0.4) is 0 Å². The second-order valence-electron chi connectivity index (χ2n) is 5.99. The predicted molar refractivity (Wildman–Crippen MR) is 95.2 cm³/mol. The third kappa shape index (κ3) is 5.70. The Kier molecular flexibility index (Phi) is 6.31. The Bertz CT molecular complexity index is 642. The third-order valence-electron chi connectivity index (χ3n) is 3.66. The van der Waals surface area contributed by atoms with Gasteiger partial charge in [-0.05, 0) is 55.2 Å². The number of rotatable bonds is 7. The van der Waals surface area contributed by atoms with Crippen LogP contribution >= 0.6 is 23.2 Å². The number of halogens is 2. The Labute approximate surface area is 147 Å². The van der Waals surface area contributed by atoms with E-state index in [1.807, 2.05) is 37.3 Å². The van der Waals surface area contributed by atoms with Crippen molar-refractivity contribution in [3.63, 3.8) is 0 Å². The van der Waals surface area contributed by atoms with Crippen LogP contribution in [0.15, 0.2) is 42.5 Å². The summed E-state index contributed by atoms with van der Waals surface area (Å²) in [7, 11) is 0. The molecule has 23 heavy (non-hydrogen) atoms. The first kappa shape index (κ1) is 18.1. The number of ether oxygens (including phenoxy) is 1. The second-order valence-corrected chi connectivity index (χ2v) is 6.81. The zero-order valence-corrected chi connectivity index (χ0v) is 14.6. The highest BCUT2D eigenvalue weighted by molar-refractivity contribution is 6.42. The van der Waals surface area contributed by atoms with Crippen LogP contribution in [0.4, 0.5) is 0 Å². The van der Waals surface area contributed by atoms with Crippen LogP contribution in [0.2, 0.25) is 10.0 Å². The summed E-state index contributed by atoms with van der Waals surface area (Å²) in [6, 6.07) is 13.3. The molecule has 0 heterocycles. The van der Waals surface area contributed by atoms with Gasteiger partial charge in [-0.1, -0.05) is 41.4 Å². The Morgan fingerprint density at radius 3 is 2.30 bits per heavy atom. The molecule has 3 N–H and O–H groups in total. The summed E-state index contributed by atoms with van der Waals surface area (Å²) >= 11 is 11.9. The van der Waals surface area contributed by atoms with Crippen molar-refractivity contribution in [3.8, 4) is 5.75 Å². The third-order valence-corrected chi connectivity index (χ3v) is 4.40. The maximum absolute atomic E-state index is 9.17. The van der Waals surface area contributed by atoms with Crippen molar-refractivity contribution in [3.05, 3.63) is 63.6 Å². The molecule has 0 aliphatic heterocycles. The molecular formula is C18H21Cl2NO2. The number of aliphatic hydroxyl groups is 1. The summed E-state index contributed by atoms with van der Waals surface area (Å²) in [6.45, 7) is 2.27. The molecule has 0 radical (unpaired) electrons. The number of benzene rings is 2. The van der Waals surface area contributed by atoms with Crippen LogP contribution < -0.4 is 10.5 Å². The lowest BCUT2D eigenvalue weighted by Crippen LogP contribution is -2.40. The minimum Gasteiger partial charge on any atom is -0.489 e. The maximum atomic E-state index is 9.17. The van der Waals surface area contributed by atoms with Gasteiger partial charge in [0, 0.05) is 5.54 Å². The molecule has 0 aromatic heterocycles. The highest BCUT2D eigenvalue weighted by atomic mass is 35.5. The molecule has 0 saturated heterocycles. The largest absolute Gasteiger partial charge is 0.489 e. The van der Waals surface area contributed by atoms with Gasteiger partial charge in [0.1, 0.15) is 12.4 Å². The minimum atomic E-state index is -0.539. The van der Waals surface area contributed by atoms with E-state index >= 15 is 0 Å². The molecule has 2 aromatic carbocycles. The monoisotopic (exact) mass is 353 g/mol. The fraction of sp³-hybridized carbons (Fsp3) is 0.333. The number of hydrogen-bond acceptors (Lipinski definition) is 3. The van der Waals surface area contributed by atoms with Gasteiger partial charge >= 0.3 is 0 Å². The first-order valence-corrected chi connectivity index (χ1v) is 8.21. The lowest BCUT2D eigenvalue weighted by Gasteiger charge is -2.21. The van der Waals surface area contributed by atoms with E-state index < -0.39 is 5.54 Å². The van der Waals surface area contributed by atoms with Gasteiger partial charge in [0.15, 0.2) is 0 Å². The van der Waals surface area contributed by atoms with E-state index in [4.69, 9.17) is 38.8 Å². The molecule has 0 saturated carbocycles. The summed E-state index contributed by atoms with van der Waals surface area (Å²) in [5.74, 6) is 0.789. The van der Waals surface area contributed by atoms with Crippen molar-refractivity contribution in [1.82, 2.24) is 0 Å². The highest BCUT2D eigenvalue weighted by Gasteiger charge is 2.16. The van der Waals surface area contributed by atoms with Crippen LogP contribution in [-0.2, 0) is 13.0 Å². The Morgan fingerprint density at radius 2 is 1.70 bits per heavy atom. The molecule has 3 nitrogen and oxygen atoms in total. The van der Waals surface area contributed by atoms with Crippen LogP contribution in [0, 0.1) is 0 Å². The average molecular weight is 354 g/mol. The summed E-state index contributed by atoms with van der Waals surface area (Å²) in [6.07, 6.45) is 1.55. The number of aliphatic hydroxyl groups excluding tert-OH is 1. The summed E-state index contributed by atoms with van der Waals surface area (Å²) in [5, 5.41) is 10.2. The number of hydrogen-bond donors (Lipinski definition) is 2. The van der Waals surface area contributed by atoms with Crippen molar-refractivity contribution in [2.75, 3.05) is 6.61 Å². The van der Waals surface area contributed by atoms with Crippen LogP contribution in [0.5, 0.6) is 5.75 Å². The predicted octanol–water partition coefficient (Wildman–Crippen LogP) is 4.21. The van der Waals surface area contributed by atoms with Crippen molar-refractivity contribution in [1.29, 1.82) is 0 Å². The highest BCUT2D eigenvalue weighted by Crippen LogP contribution is 2.23. The number of aryl methyl sites for hydroxylation is 1. The maximum Gasteiger partial charge on any atom is 0.119 e. The van der Waals surface area contributed by atoms with Crippen molar-refractivity contribution < 1.29 is 9.84 Å². The Hall–Kier alpha value is -1.26. The molecular weight excluding hydrogens is 333 g/mol. The minimum absolute atomic E-state index is 0.0160. The fourth-order valence-electron chi connectivity index (χ4n) is 2.06. The van der Waals surface area contributed by atoms with E-state index in [-0.39, 0.29) is 6.61 Å². The zero-order valence-electron chi connectivity index (χ0n) is 13.1. The quantitative estimate of drug-likeness (QED) is 0.783. The molecule has 2 aromatic rings. The molecule has 0 aliphatic carbocycles. The molecule has 0 unspecified atom stereocenters. The zero-order chi connectivity index (χ0) is 16.9. The molecule has 124 valence electrons. The van der Waals surface area contributed by atoms with Crippen LogP contribution in [0.25, 0.3) is 0 Å². The van der Waals surface area contributed by atoms with Gasteiger partial charge in [-0.25, -0.2) is 0 Å². The average Bonchev–Trinajstić information content (AvgIpc) is 2.55. The molecule has 1 atom stereocenters. The standard InChI is InChI=1S/C18H21Cl2NO2/c1-18(21,12-22)9-8-13-2-5-15(6-3-13)23-11-14-4-7-16(19)17(20)10-14/h2-7,10,22H,8-9,11-12,21H2,1H3/t18-/m0/s1. The Morgan fingerprint density at radius 1 is 1.04 bits per heavy atom. The summed E-state index contributed by atoms with van der Waals surface area (Å²) in [5.41, 5.74) is 7.52. The van der Waals surface area contributed by atoms with Gasteiger partial charge in [-0.3, -0.25) is 0 Å². The van der Waals surface area contributed by atoms with Gasteiger partial charge in [-0.15, -0.1) is 0 Å². The molecule has 0 fully saturated rings. The van der Waals surface area contributed by atoms with E-state index in [0.29, 0.717) is 16.7 Å².